The molecule has 0 amide bonds. The summed E-state index contributed by atoms with van der Waals surface area (Å²) in [6, 6.07) is 3.06. The zero-order chi connectivity index (χ0) is 19.4. The third-order valence-corrected chi connectivity index (χ3v) is 3.07. The molecular formula is C17H27F3N4O2. The lowest BCUT2D eigenvalue weighted by Crippen LogP contribution is -2.37. The SMILES string of the molecule is CN=C(NCCCOCC(C)C)NCc1ccc(OCC(F)(F)F)nc1. The van der Waals surface area contributed by atoms with Gasteiger partial charge in [-0.05, 0) is 17.9 Å². The molecule has 0 aromatic carbocycles. The molecule has 0 aliphatic carbocycles. The second kappa shape index (κ2) is 11.6. The van der Waals surface area contributed by atoms with Crippen LogP contribution in [0.15, 0.2) is 23.3 Å². The van der Waals surface area contributed by atoms with Crippen molar-refractivity contribution >= 4 is 5.96 Å². The topological polar surface area (TPSA) is 67.8 Å². The van der Waals surface area contributed by atoms with Gasteiger partial charge >= 0.3 is 6.18 Å². The van der Waals surface area contributed by atoms with Crippen LogP contribution >= 0.6 is 0 Å². The number of ether oxygens (including phenoxy) is 2. The van der Waals surface area contributed by atoms with E-state index in [1.54, 1.807) is 13.1 Å². The highest BCUT2D eigenvalue weighted by Gasteiger charge is 2.28. The van der Waals surface area contributed by atoms with Crippen molar-refractivity contribution in [3.8, 4) is 5.88 Å². The van der Waals surface area contributed by atoms with E-state index < -0.39 is 12.8 Å². The Morgan fingerprint density at radius 3 is 2.62 bits per heavy atom. The van der Waals surface area contributed by atoms with E-state index in [-0.39, 0.29) is 5.88 Å². The summed E-state index contributed by atoms with van der Waals surface area (Å²) in [6.45, 7) is 5.46. The highest BCUT2D eigenvalue weighted by molar-refractivity contribution is 5.79. The van der Waals surface area contributed by atoms with Crippen LogP contribution < -0.4 is 15.4 Å². The highest BCUT2D eigenvalue weighted by Crippen LogP contribution is 2.16. The summed E-state index contributed by atoms with van der Waals surface area (Å²) in [6.07, 6.45) is -2.05. The van der Waals surface area contributed by atoms with Crippen molar-refractivity contribution in [1.29, 1.82) is 0 Å². The third kappa shape index (κ3) is 10.8. The molecule has 26 heavy (non-hydrogen) atoms. The van der Waals surface area contributed by atoms with Gasteiger partial charge in [-0.2, -0.15) is 13.2 Å². The molecule has 6 nitrogen and oxygen atoms in total. The summed E-state index contributed by atoms with van der Waals surface area (Å²) in [5, 5.41) is 6.27. The van der Waals surface area contributed by atoms with E-state index in [1.165, 1.54) is 12.3 Å². The molecule has 1 aromatic heterocycles. The van der Waals surface area contributed by atoms with Crippen LogP contribution in [0.25, 0.3) is 0 Å². The predicted molar refractivity (Wildman–Crippen MR) is 94.3 cm³/mol. The fourth-order valence-electron chi connectivity index (χ4n) is 1.86. The lowest BCUT2D eigenvalue weighted by molar-refractivity contribution is -0.154. The van der Waals surface area contributed by atoms with E-state index in [0.717, 1.165) is 25.1 Å². The molecule has 2 N–H and O–H groups in total. The minimum absolute atomic E-state index is 0.0602. The van der Waals surface area contributed by atoms with Crippen LogP contribution in [0.1, 0.15) is 25.8 Å². The molecule has 0 fully saturated rings. The molecule has 9 heteroatoms. The van der Waals surface area contributed by atoms with E-state index >= 15 is 0 Å². The van der Waals surface area contributed by atoms with Gasteiger partial charge in [-0.3, -0.25) is 4.99 Å². The Bertz CT molecular complexity index is 534. The summed E-state index contributed by atoms with van der Waals surface area (Å²) in [5.74, 6) is 1.09. The molecule has 0 bridgehead atoms. The van der Waals surface area contributed by atoms with E-state index in [2.05, 4.69) is 39.2 Å². The summed E-state index contributed by atoms with van der Waals surface area (Å²) >= 11 is 0. The first-order valence-corrected chi connectivity index (χ1v) is 8.47. The Balaban J connectivity index is 2.26. The lowest BCUT2D eigenvalue weighted by atomic mass is 10.2. The quantitative estimate of drug-likeness (QED) is 0.373. The molecule has 1 aromatic rings. The predicted octanol–water partition coefficient (Wildman–Crippen LogP) is 2.75. The number of aromatic nitrogens is 1. The molecule has 0 spiro atoms. The molecule has 148 valence electrons. The first-order chi connectivity index (χ1) is 12.3. The van der Waals surface area contributed by atoms with Crippen molar-refractivity contribution in [1.82, 2.24) is 15.6 Å². The maximum absolute atomic E-state index is 12.1. The van der Waals surface area contributed by atoms with Gasteiger partial charge in [0.05, 0.1) is 0 Å². The Hall–Kier alpha value is -2.03. The van der Waals surface area contributed by atoms with Crippen molar-refractivity contribution in [3.05, 3.63) is 23.9 Å². The Morgan fingerprint density at radius 2 is 2.04 bits per heavy atom. The Morgan fingerprint density at radius 1 is 1.27 bits per heavy atom. The second-order valence-corrected chi connectivity index (χ2v) is 6.08. The number of aliphatic imine (C=N–C) groups is 1. The zero-order valence-electron chi connectivity index (χ0n) is 15.4. The number of nitrogens with zero attached hydrogens (tertiary/aromatic N) is 2. The maximum Gasteiger partial charge on any atom is 0.422 e. The number of nitrogens with one attached hydrogen (secondary N) is 2. The van der Waals surface area contributed by atoms with E-state index in [4.69, 9.17) is 4.74 Å². The summed E-state index contributed by atoms with van der Waals surface area (Å²) in [5.41, 5.74) is 0.799. The molecule has 0 atom stereocenters. The lowest BCUT2D eigenvalue weighted by Gasteiger charge is -2.13. The van der Waals surface area contributed by atoms with Crippen molar-refractivity contribution in [2.45, 2.75) is 33.0 Å². The van der Waals surface area contributed by atoms with Gasteiger partial charge in [0.1, 0.15) is 0 Å². The smallest absolute Gasteiger partial charge is 0.422 e. The van der Waals surface area contributed by atoms with E-state index in [9.17, 15) is 13.2 Å². The fourth-order valence-corrected chi connectivity index (χ4v) is 1.86. The molecular weight excluding hydrogens is 349 g/mol. The monoisotopic (exact) mass is 376 g/mol. The van der Waals surface area contributed by atoms with Crippen molar-refractivity contribution < 1.29 is 22.6 Å². The Labute approximate surface area is 152 Å². The number of guanidine groups is 1. The average Bonchev–Trinajstić information content (AvgIpc) is 2.58. The summed E-state index contributed by atoms with van der Waals surface area (Å²) < 4.78 is 46.3. The third-order valence-electron chi connectivity index (χ3n) is 3.07. The molecule has 0 aliphatic heterocycles. The standard InChI is InChI=1S/C17H27F3N4O2/c1-13(2)11-25-8-4-7-22-16(21-3)24-10-14-5-6-15(23-9-14)26-12-17(18,19)20/h5-6,9,13H,4,7-8,10-12H2,1-3H3,(H2,21,22,24). The minimum atomic E-state index is -4.38. The number of pyridine rings is 1. The molecule has 1 rings (SSSR count). The van der Waals surface area contributed by atoms with Crippen LogP contribution in [0.2, 0.25) is 0 Å². The van der Waals surface area contributed by atoms with Gasteiger partial charge in [-0.15, -0.1) is 0 Å². The van der Waals surface area contributed by atoms with Crippen LogP contribution in [0.4, 0.5) is 13.2 Å². The van der Waals surface area contributed by atoms with Gasteiger partial charge in [-0.1, -0.05) is 19.9 Å². The van der Waals surface area contributed by atoms with Crippen LogP contribution in [0.3, 0.4) is 0 Å². The van der Waals surface area contributed by atoms with E-state index in [0.29, 0.717) is 25.0 Å². The van der Waals surface area contributed by atoms with Gasteiger partial charge in [0.2, 0.25) is 5.88 Å². The molecule has 0 aliphatic rings. The first-order valence-electron chi connectivity index (χ1n) is 8.47. The van der Waals surface area contributed by atoms with E-state index in [1.807, 2.05) is 0 Å². The van der Waals surface area contributed by atoms with Gasteiger partial charge in [0, 0.05) is 45.6 Å². The largest absolute Gasteiger partial charge is 0.468 e. The zero-order valence-corrected chi connectivity index (χ0v) is 15.4. The molecule has 0 saturated carbocycles. The normalized spacial score (nSPS) is 12.3. The van der Waals surface area contributed by atoms with Gasteiger partial charge < -0.3 is 20.1 Å². The van der Waals surface area contributed by atoms with Crippen LogP contribution in [-0.4, -0.2) is 50.5 Å². The number of hydrogen-bond acceptors (Lipinski definition) is 4. The molecule has 0 radical (unpaired) electrons. The van der Waals surface area contributed by atoms with Crippen LogP contribution in [-0.2, 0) is 11.3 Å². The maximum atomic E-state index is 12.1. The van der Waals surface area contributed by atoms with Crippen molar-refractivity contribution in [3.63, 3.8) is 0 Å². The van der Waals surface area contributed by atoms with Gasteiger partial charge in [0.15, 0.2) is 12.6 Å². The molecule has 0 saturated heterocycles. The minimum Gasteiger partial charge on any atom is -0.468 e. The van der Waals surface area contributed by atoms with Gasteiger partial charge in [0.25, 0.3) is 0 Å². The number of rotatable bonds is 10. The van der Waals surface area contributed by atoms with Crippen molar-refractivity contribution in [2.75, 3.05) is 33.4 Å². The van der Waals surface area contributed by atoms with Crippen LogP contribution in [0.5, 0.6) is 5.88 Å². The van der Waals surface area contributed by atoms with Gasteiger partial charge in [-0.25, -0.2) is 4.98 Å². The number of hydrogen-bond donors (Lipinski definition) is 2. The fraction of sp³-hybridized carbons (Fsp3) is 0.647. The molecule has 0 unspecified atom stereocenters. The average molecular weight is 376 g/mol. The van der Waals surface area contributed by atoms with Crippen molar-refractivity contribution in [2.24, 2.45) is 10.9 Å². The Kier molecular flexibility index (Phi) is 9.79. The summed E-state index contributed by atoms with van der Waals surface area (Å²) in [7, 11) is 1.66. The second-order valence-electron chi connectivity index (χ2n) is 6.08. The molecule has 1 heterocycles. The summed E-state index contributed by atoms with van der Waals surface area (Å²) in [4.78, 5) is 7.96. The number of halogens is 3. The highest BCUT2D eigenvalue weighted by atomic mass is 19.4. The number of alkyl halides is 3. The first kappa shape index (κ1) is 22.0. The van der Waals surface area contributed by atoms with Crippen LogP contribution in [0, 0.1) is 5.92 Å².